The van der Waals surface area contributed by atoms with Crippen LogP contribution >= 0.6 is 0 Å². The lowest BCUT2D eigenvalue weighted by molar-refractivity contribution is -0.233. The predicted molar refractivity (Wildman–Crippen MR) is 144 cm³/mol. The van der Waals surface area contributed by atoms with Crippen molar-refractivity contribution in [3.8, 4) is 0 Å². The van der Waals surface area contributed by atoms with Gasteiger partial charge in [-0.3, -0.25) is 19.0 Å². The van der Waals surface area contributed by atoms with Gasteiger partial charge < -0.3 is 16.0 Å². The monoisotopic (exact) mass is 537 g/mol. The van der Waals surface area contributed by atoms with Crippen molar-refractivity contribution >= 4 is 22.5 Å². The van der Waals surface area contributed by atoms with Crippen molar-refractivity contribution in [2.45, 2.75) is 62.7 Å². The SMILES string of the molecule is C[C@H]1Cc2c([nH]c3ccccc23)[C@H](c2c(F)cc(NC3CN(CCCF)C3)cc2F)N1C12CC(C(N)=O)(C1)C2. The van der Waals surface area contributed by atoms with Crippen LogP contribution in [0.15, 0.2) is 36.4 Å². The first-order valence-corrected chi connectivity index (χ1v) is 14.0. The van der Waals surface area contributed by atoms with Crippen molar-refractivity contribution < 1.29 is 18.0 Å². The maximum atomic E-state index is 16.0. The van der Waals surface area contributed by atoms with Crippen LogP contribution in [-0.4, -0.2) is 64.6 Å². The second-order valence-electron chi connectivity index (χ2n) is 12.3. The van der Waals surface area contributed by atoms with Crippen LogP contribution in [-0.2, 0) is 11.2 Å². The highest BCUT2D eigenvalue weighted by Crippen LogP contribution is 2.72. The van der Waals surface area contributed by atoms with Crippen LogP contribution in [0.3, 0.4) is 0 Å². The molecular weight excluding hydrogens is 503 g/mol. The minimum atomic E-state index is -0.642. The van der Waals surface area contributed by atoms with Crippen molar-refractivity contribution in [2.24, 2.45) is 11.1 Å². The van der Waals surface area contributed by atoms with Gasteiger partial charge in [0.05, 0.1) is 24.2 Å². The van der Waals surface area contributed by atoms with Gasteiger partial charge in [-0.1, -0.05) is 18.2 Å². The zero-order chi connectivity index (χ0) is 27.1. The average Bonchev–Trinajstić information content (AvgIpc) is 3.17. The minimum Gasteiger partial charge on any atom is -0.380 e. The number of hydrogen-bond donors (Lipinski definition) is 3. The van der Waals surface area contributed by atoms with E-state index in [1.54, 1.807) is 0 Å². The molecule has 6 nitrogen and oxygen atoms in total. The normalized spacial score (nSPS) is 30.4. The van der Waals surface area contributed by atoms with E-state index in [1.807, 2.05) is 18.2 Å². The highest BCUT2D eigenvalue weighted by Gasteiger charge is 2.74. The average molecular weight is 538 g/mol. The number of amides is 1. The fourth-order valence-corrected chi connectivity index (χ4v) is 8.05. The highest BCUT2D eigenvalue weighted by molar-refractivity contribution is 5.87. The summed E-state index contributed by atoms with van der Waals surface area (Å²) in [5.74, 6) is -1.45. The minimum absolute atomic E-state index is 0.0229. The van der Waals surface area contributed by atoms with Crippen LogP contribution < -0.4 is 11.1 Å². The molecule has 8 rings (SSSR count). The first kappa shape index (κ1) is 25.0. The van der Waals surface area contributed by atoms with Crippen LogP contribution in [0.25, 0.3) is 10.9 Å². The molecule has 39 heavy (non-hydrogen) atoms. The first-order chi connectivity index (χ1) is 18.7. The van der Waals surface area contributed by atoms with Gasteiger partial charge in [0.25, 0.3) is 0 Å². The topological polar surface area (TPSA) is 77.4 Å². The predicted octanol–water partition coefficient (Wildman–Crippen LogP) is 4.65. The standard InChI is InChI=1S/C30H34F3N5O/c1-17-9-21-20-5-2-3-6-24(20)36-26(21)27(38(17)30-14-29(15-30,16-30)28(34)39)25-22(32)10-18(11-23(25)33)35-19-12-37(13-19)8-4-7-31/h2-3,5-6,10-11,17,19,27,35-36H,4,7-9,12-16H2,1H3,(H2,34,39)/t17-,27-,29?,30?/m0/s1. The Bertz CT molecular complexity index is 1420. The molecule has 2 atom stereocenters. The summed E-state index contributed by atoms with van der Waals surface area (Å²) < 4.78 is 44.5. The van der Waals surface area contributed by atoms with Gasteiger partial charge in [0.1, 0.15) is 11.6 Å². The van der Waals surface area contributed by atoms with Gasteiger partial charge in [-0.2, -0.15) is 0 Å². The second-order valence-corrected chi connectivity index (χ2v) is 12.3. The molecule has 3 aliphatic carbocycles. The molecule has 4 fully saturated rings. The van der Waals surface area contributed by atoms with Crippen molar-refractivity contribution in [3.63, 3.8) is 0 Å². The quantitative estimate of drug-likeness (QED) is 0.391. The van der Waals surface area contributed by atoms with E-state index in [9.17, 15) is 9.18 Å². The van der Waals surface area contributed by atoms with Crippen molar-refractivity contribution in [2.75, 3.05) is 31.6 Å². The summed E-state index contributed by atoms with van der Waals surface area (Å²) >= 11 is 0. The van der Waals surface area contributed by atoms with Crippen LogP contribution in [0.2, 0.25) is 0 Å². The molecule has 2 bridgehead atoms. The third kappa shape index (κ3) is 3.65. The Labute approximate surface area is 225 Å². The van der Waals surface area contributed by atoms with E-state index < -0.39 is 23.1 Å². The van der Waals surface area contributed by atoms with E-state index in [-0.39, 0.29) is 35.8 Å². The third-order valence-electron chi connectivity index (χ3n) is 9.73. The number of primary amides is 1. The van der Waals surface area contributed by atoms with Crippen molar-refractivity contribution in [3.05, 3.63) is 64.9 Å². The number of para-hydroxylation sites is 1. The molecule has 0 unspecified atom stereocenters. The lowest BCUT2D eigenvalue weighted by Crippen LogP contribution is -2.79. The molecule has 2 aliphatic heterocycles. The second kappa shape index (κ2) is 8.73. The number of likely N-dealkylation sites (tertiary alicyclic amines) is 1. The number of fused-ring (bicyclic) bond motifs is 3. The van der Waals surface area contributed by atoms with E-state index in [0.717, 1.165) is 41.7 Å². The lowest BCUT2D eigenvalue weighted by Gasteiger charge is -2.74. The number of alkyl halides is 1. The number of carbonyl (C=O) groups is 1. The molecule has 3 saturated carbocycles. The van der Waals surface area contributed by atoms with E-state index in [2.05, 4.69) is 33.1 Å². The molecule has 3 heterocycles. The summed E-state index contributed by atoms with van der Waals surface area (Å²) in [6, 6.07) is 10.3. The van der Waals surface area contributed by atoms with Crippen LogP contribution in [0, 0.1) is 17.0 Å². The Morgan fingerprint density at radius 3 is 2.51 bits per heavy atom. The maximum Gasteiger partial charge on any atom is 0.223 e. The maximum absolute atomic E-state index is 16.0. The fraction of sp³-hybridized carbons (Fsp3) is 0.500. The van der Waals surface area contributed by atoms with Gasteiger partial charge in [-0.15, -0.1) is 0 Å². The number of aromatic nitrogens is 1. The number of hydrogen-bond acceptors (Lipinski definition) is 4. The molecule has 1 amide bonds. The van der Waals surface area contributed by atoms with Crippen molar-refractivity contribution in [1.82, 2.24) is 14.8 Å². The molecule has 1 saturated heterocycles. The first-order valence-electron chi connectivity index (χ1n) is 14.0. The molecule has 1 aromatic heterocycles. The van der Waals surface area contributed by atoms with Crippen LogP contribution in [0.1, 0.15) is 55.5 Å². The summed E-state index contributed by atoms with van der Waals surface area (Å²) in [6.45, 7) is 3.92. The van der Waals surface area contributed by atoms with Gasteiger partial charge in [0, 0.05) is 59.1 Å². The van der Waals surface area contributed by atoms with E-state index in [1.165, 1.54) is 12.1 Å². The number of nitrogens with one attached hydrogen (secondary N) is 2. The largest absolute Gasteiger partial charge is 0.380 e. The number of halogens is 3. The number of benzene rings is 2. The lowest BCUT2D eigenvalue weighted by atomic mass is 9.38. The molecule has 2 aromatic carbocycles. The summed E-state index contributed by atoms with van der Waals surface area (Å²) in [5, 5.41) is 4.33. The number of nitrogens with two attached hydrogens (primary N) is 1. The van der Waals surface area contributed by atoms with Gasteiger partial charge in [0.2, 0.25) is 5.91 Å². The number of rotatable bonds is 8. The van der Waals surface area contributed by atoms with Gasteiger partial charge in [0.15, 0.2) is 0 Å². The Balaban J connectivity index is 1.25. The van der Waals surface area contributed by atoms with E-state index >= 15 is 8.78 Å². The number of H-pyrrole nitrogens is 1. The number of aromatic amines is 1. The fourth-order valence-electron chi connectivity index (χ4n) is 8.05. The third-order valence-corrected chi connectivity index (χ3v) is 9.73. The Morgan fingerprint density at radius 2 is 1.85 bits per heavy atom. The molecule has 5 aliphatic rings. The number of anilines is 1. The molecule has 4 N–H and O–H groups in total. The summed E-state index contributed by atoms with van der Waals surface area (Å²) in [7, 11) is 0. The Morgan fingerprint density at radius 1 is 1.15 bits per heavy atom. The smallest absolute Gasteiger partial charge is 0.223 e. The molecule has 9 heteroatoms. The Kier molecular flexibility index (Phi) is 5.59. The Hall–Kier alpha value is -3.04. The number of carbonyl (C=O) groups excluding carboxylic acids is 1. The highest BCUT2D eigenvalue weighted by atomic mass is 19.1. The zero-order valence-corrected chi connectivity index (χ0v) is 22.1. The molecule has 206 valence electrons. The van der Waals surface area contributed by atoms with E-state index in [4.69, 9.17) is 5.73 Å². The molecule has 0 radical (unpaired) electrons. The van der Waals surface area contributed by atoms with Gasteiger partial charge in [-0.05, 0) is 62.8 Å². The van der Waals surface area contributed by atoms with Crippen molar-refractivity contribution in [1.29, 1.82) is 0 Å². The zero-order valence-electron chi connectivity index (χ0n) is 22.1. The van der Waals surface area contributed by atoms with Gasteiger partial charge >= 0.3 is 0 Å². The summed E-state index contributed by atoms with van der Waals surface area (Å²) in [5.41, 5.74) is 8.27. The van der Waals surface area contributed by atoms with E-state index in [0.29, 0.717) is 37.9 Å². The molecular formula is C30H34F3N5O. The summed E-state index contributed by atoms with van der Waals surface area (Å²) in [6.07, 6.45) is 3.16. The van der Waals surface area contributed by atoms with Crippen LogP contribution in [0.5, 0.6) is 0 Å². The molecule has 3 aromatic rings. The van der Waals surface area contributed by atoms with Gasteiger partial charge in [-0.25, -0.2) is 8.78 Å². The van der Waals surface area contributed by atoms with Crippen LogP contribution in [0.4, 0.5) is 18.9 Å². The number of nitrogens with zero attached hydrogens (tertiary/aromatic N) is 2. The molecule has 0 spiro atoms. The summed E-state index contributed by atoms with van der Waals surface area (Å²) in [4.78, 5) is 20.0.